The van der Waals surface area contributed by atoms with Gasteiger partial charge in [-0.15, -0.1) is 11.3 Å². The average Bonchev–Trinajstić information content (AvgIpc) is 3.36. The Bertz CT molecular complexity index is 1030. The number of carbonyl (C=O) groups is 1. The molecule has 0 spiro atoms. The van der Waals surface area contributed by atoms with Crippen LogP contribution in [0.2, 0.25) is 4.34 Å². The Labute approximate surface area is 181 Å². The molecule has 1 amide bonds. The minimum atomic E-state index is -0.712. The van der Waals surface area contributed by atoms with E-state index in [1.165, 1.54) is 17.1 Å². The molecular formula is C21H20ClF2N3O2S. The van der Waals surface area contributed by atoms with Gasteiger partial charge in [0.1, 0.15) is 11.6 Å². The molecule has 0 unspecified atom stereocenters. The molecule has 1 aromatic carbocycles. The molecule has 0 radical (unpaired) electrons. The van der Waals surface area contributed by atoms with Gasteiger partial charge >= 0.3 is 0 Å². The fourth-order valence-electron chi connectivity index (χ4n) is 3.42. The van der Waals surface area contributed by atoms with Gasteiger partial charge in [-0.1, -0.05) is 11.6 Å². The number of piperazine rings is 1. The number of nitrogens with zero attached hydrogens (tertiary/aromatic N) is 3. The molecule has 0 N–H and O–H groups in total. The Balaban J connectivity index is 1.26. The number of oxazole rings is 1. The lowest BCUT2D eigenvalue weighted by Gasteiger charge is -2.34. The van der Waals surface area contributed by atoms with Gasteiger partial charge in [-0.2, -0.15) is 0 Å². The molecule has 1 fully saturated rings. The molecule has 1 aliphatic heterocycles. The second-order valence-electron chi connectivity index (χ2n) is 7.11. The highest BCUT2D eigenvalue weighted by atomic mass is 35.5. The number of benzene rings is 1. The van der Waals surface area contributed by atoms with Gasteiger partial charge < -0.3 is 9.32 Å². The van der Waals surface area contributed by atoms with Crippen LogP contribution in [0.3, 0.4) is 0 Å². The van der Waals surface area contributed by atoms with Crippen LogP contribution in [0.25, 0.3) is 11.3 Å². The molecule has 3 heterocycles. The number of aryl methyl sites for hydroxylation is 1. The molecule has 3 aromatic rings. The first kappa shape index (κ1) is 21.0. The zero-order valence-electron chi connectivity index (χ0n) is 16.1. The van der Waals surface area contributed by atoms with Gasteiger partial charge in [-0.25, -0.2) is 13.8 Å². The van der Waals surface area contributed by atoms with Gasteiger partial charge in [0.05, 0.1) is 16.1 Å². The van der Waals surface area contributed by atoms with Gasteiger partial charge in [0.15, 0.2) is 11.7 Å². The summed E-state index contributed by atoms with van der Waals surface area (Å²) in [6.45, 7) is 3.83. The quantitative estimate of drug-likeness (QED) is 0.549. The fourth-order valence-corrected chi connectivity index (χ4v) is 4.55. The zero-order chi connectivity index (χ0) is 21.1. The maximum absolute atomic E-state index is 13.9. The van der Waals surface area contributed by atoms with Crippen LogP contribution in [0, 0.1) is 11.6 Å². The van der Waals surface area contributed by atoms with Crippen molar-refractivity contribution in [1.82, 2.24) is 14.8 Å². The van der Waals surface area contributed by atoms with Crippen molar-refractivity contribution >= 4 is 28.8 Å². The number of rotatable bonds is 6. The lowest BCUT2D eigenvalue weighted by atomic mass is 10.2. The molecular weight excluding hydrogens is 432 g/mol. The summed E-state index contributed by atoms with van der Waals surface area (Å²) in [5.41, 5.74) is 0.143. The monoisotopic (exact) mass is 451 g/mol. The van der Waals surface area contributed by atoms with E-state index in [2.05, 4.69) is 9.88 Å². The van der Waals surface area contributed by atoms with Crippen molar-refractivity contribution in [1.29, 1.82) is 0 Å². The maximum Gasteiger partial charge on any atom is 0.223 e. The molecule has 9 heteroatoms. The second-order valence-corrected chi connectivity index (χ2v) is 8.90. The smallest absolute Gasteiger partial charge is 0.223 e. The first-order valence-corrected chi connectivity index (χ1v) is 10.8. The standard InChI is InChI=1S/C21H20ClF2N3O2S/c22-19-4-2-15(30-19)13-26-7-9-27(10-8-26)21(28)6-5-20-25-12-18(29-20)16-3-1-14(23)11-17(16)24/h1-4,11-12H,5-10,13H2. The molecule has 0 aliphatic carbocycles. The van der Waals surface area contributed by atoms with Crippen molar-refractivity contribution in [3.05, 3.63) is 63.3 Å². The number of amides is 1. The Morgan fingerprint density at radius 3 is 2.67 bits per heavy atom. The van der Waals surface area contributed by atoms with Crippen LogP contribution in [-0.2, 0) is 17.8 Å². The van der Waals surface area contributed by atoms with Gasteiger partial charge in [0.25, 0.3) is 0 Å². The molecule has 158 valence electrons. The summed E-state index contributed by atoms with van der Waals surface area (Å²) in [4.78, 5) is 22.0. The van der Waals surface area contributed by atoms with Crippen LogP contribution in [-0.4, -0.2) is 46.9 Å². The lowest BCUT2D eigenvalue weighted by Crippen LogP contribution is -2.48. The lowest BCUT2D eigenvalue weighted by molar-refractivity contribution is -0.133. The second kappa shape index (κ2) is 9.24. The van der Waals surface area contributed by atoms with Gasteiger partial charge in [-0.05, 0) is 24.3 Å². The molecule has 1 saturated heterocycles. The van der Waals surface area contributed by atoms with Crippen molar-refractivity contribution in [2.45, 2.75) is 19.4 Å². The highest BCUT2D eigenvalue weighted by Crippen LogP contribution is 2.25. The largest absolute Gasteiger partial charge is 0.441 e. The van der Waals surface area contributed by atoms with E-state index in [0.29, 0.717) is 25.4 Å². The van der Waals surface area contributed by atoms with E-state index in [0.717, 1.165) is 36.1 Å². The topological polar surface area (TPSA) is 49.6 Å². The number of halogens is 3. The first-order valence-electron chi connectivity index (χ1n) is 9.62. The van der Waals surface area contributed by atoms with Crippen molar-refractivity contribution in [3.63, 3.8) is 0 Å². The van der Waals surface area contributed by atoms with Crippen LogP contribution in [0.5, 0.6) is 0 Å². The highest BCUT2D eigenvalue weighted by Gasteiger charge is 2.22. The molecule has 0 atom stereocenters. The van der Waals surface area contributed by atoms with E-state index in [-0.39, 0.29) is 23.7 Å². The summed E-state index contributed by atoms with van der Waals surface area (Å²) in [6, 6.07) is 7.21. The Morgan fingerprint density at radius 1 is 1.17 bits per heavy atom. The Kier molecular flexibility index (Phi) is 6.46. The summed E-state index contributed by atoms with van der Waals surface area (Å²) in [6.07, 6.45) is 1.99. The minimum absolute atomic E-state index is 0.0431. The van der Waals surface area contributed by atoms with Crippen LogP contribution in [0.15, 0.2) is 40.9 Å². The van der Waals surface area contributed by atoms with E-state index < -0.39 is 11.6 Å². The third-order valence-corrected chi connectivity index (χ3v) is 6.25. The van der Waals surface area contributed by atoms with Crippen molar-refractivity contribution in [3.8, 4) is 11.3 Å². The first-order chi connectivity index (χ1) is 14.5. The van der Waals surface area contributed by atoms with Gasteiger partial charge in [0.2, 0.25) is 5.91 Å². The molecule has 4 rings (SSSR count). The molecule has 5 nitrogen and oxygen atoms in total. The van der Waals surface area contributed by atoms with E-state index in [1.54, 1.807) is 11.3 Å². The number of aromatic nitrogens is 1. The third-order valence-electron chi connectivity index (χ3n) is 5.04. The summed E-state index contributed by atoms with van der Waals surface area (Å²) >= 11 is 7.56. The normalized spacial score (nSPS) is 15.0. The SMILES string of the molecule is O=C(CCc1ncc(-c2ccc(F)cc2F)o1)N1CCN(Cc2ccc(Cl)s2)CC1. The van der Waals surface area contributed by atoms with E-state index in [1.807, 2.05) is 17.0 Å². The Morgan fingerprint density at radius 2 is 1.97 bits per heavy atom. The molecule has 1 aliphatic rings. The third kappa shape index (κ3) is 5.06. The average molecular weight is 452 g/mol. The molecule has 0 bridgehead atoms. The number of hydrogen-bond donors (Lipinski definition) is 0. The van der Waals surface area contributed by atoms with Crippen molar-refractivity contribution in [2.75, 3.05) is 26.2 Å². The summed E-state index contributed by atoms with van der Waals surface area (Å²) in [5, 5.41) is 0. The summed E-state index contributed by atoms with van der Waals surface area (Å²) < 4.78 is 33.3. The Hall–Kier alpha value is -2.29. The zero-order valence-corrected chi connectivity index (χ0v) is 17.7. The van der Waals surface area contributed by atoms with E-state index in [4.69, 9.17) is 16.0 Å². The molecule has 30 heavy (non-hydrogen) atoms. The van der Waals surface area contributed by atoms with E-state index >= 15 is 0 Å². The molecule has 2 aromatic heterocycles. The van der Waals surface area contributed by atoms with Crippen molar-refractivity contribution in [2.24, 2.45) is 0 Å². The fraction of sp³-hybridized carbons (Fsp3) is 0.333. The van der Waals surface area contributed by atoms with Crippen LogP contribution in [0.1, 0.15) is 17.2 Å². The maximum atomic E-state index is 13.9. The van der Waals surface area contributed by atoms with Crippen LogP contribution in [0.4, 0.5) is 8.78 Å². The summed E-state index contributed by atoms with van der Waals surface area (Å²) in [5.74, 6) is -0.744. The van der Waals surface area contributed by atoms with Gasteiger partial charge in [-0.3, -0.25) is 9.69 Å². The van der Waals surface area contributed by atoms with E-state index in [9.17, 15) is 13.6 Å². The predicted molar refractivity (Wildman–Crippen MR) is 111 cm³/mol. The highest BCUT2D eigenvalue weighted by molar-refractivity contribution is 7.16. The number of carbonyl (C=O) groups excluding carboxylic acids is 1. The predicted octanol–water partition coefficient (Wildman–Crippen LogP) is 4.61. The minimum Gasteiger partial charge on any atom is -0.441 e. The number of hydrogen-bond acceptors (Lipinski definition) is 5. The van der Waals surface area contributed by atoms with Crippen LogP contribution >= 0.6 is 22.9 Å². The number of thiophene rings is 1. The molecule has 0 saturated carbocycles. The van der Waals surface area contributed by atoms with Crippen LogP contribution < -0.4 is 0 Å². The van der Waals surface area contributed by atoms with Crippen molar-refractivity contribution < 1.29 is 18.0 Å². The summed E-state index contributed by atoms with van der Waals surface area (Å²) in [7, 11) is 0. The van der Waals surface area contributed by atoms with Gasteiger partial charge in [0, 0.05) is 56.5 Å².